The number of thiazole rings is 1. The molecule has 5 rings (SSSR count). The Kier molecular flexibility index (Phi) is 8.55. The number of hydrogen-bond donors (Lipinski definition) is 5. The number of thioether (sulfide) groups is 2. The number of β-lactam (4-membered cyclic amide) rings is 1. The second-order valence-electron chi connectivity index (χ2n) is 8.33. The van der Waals surface area contributed by atoms with Gasteiger partial charge in [0.05, 0.1) is 11.2 Å². The predicted molar refractivity (Wildman–Crippen MR) is 153 cm³/mol. The first kappa shape index (κ1) is 28.9. The maximum Gasteiger partial charge on any atom is 0.352 e. The highest BCUT2D eigenvalue weighted by Crippen LogP contribution is 2.42. The number of oxime groups is 1. The van der Waals surface area contributed by atoms with Crippen LogP contribution in [0.5, 0.6) is 11.5 Å². The van der Waals surface area contributed by atoms with Crippen LogP contribution in [0.4, 0.5) is 5.13 Å². The zero-order valence-corrected chi connectivity index (χ0v) is 24.4. The second-order valence-corrected chi connectivity index (χ2v) is 12.8. The third-order valence-electron chi connectivity index (χ3n) is 5.80. The molecule has 2 aliphatic rings. The molecule has 1 fully saturated rings. The highest BCUT2D eigenvalue weighted by Gasteiger charge is 2.54. The van der Waals surface area contributed by atoms with Crippen LogP contribution in [-0.4, -0.2) is 81.2 Å². The van der Waals surface area contributed by atoms with Gasteiger partial charge in [0.1, 0.15) is 33.6 Å². The number of nitrogens with zero attached hydrogens (tertiary/aromatic N) is 5. The topological polar surface area (TPSA) is 213 Å². The molecule has 1 unspecified atom stereocenters. The van der Waals surface area contributed by atoms with E-state index in [1.54, 1.807) is 6.20 Å². The molecule has 2 aromatic heterocycles. The maximum atomic E-state index is 13.3. The summed E-state index contributed by atoms with van der Waals surface area (Å²) in [6.07, 6.45) is 1.58. The van der Waals surface area contributed by atoms with Crippen LogP contribution in [0.3, 0.4) is 0 Å². The number of carboxylic acids is 1. The molecule has 19 heteroatoms. The SMILES string of the molecule is Nc1nc(/C(=N/OCc2ccc(O)c(O)c2Cl)C(=O)NC2C(=O)N3C(C(=O)O)=C(CSc4cnns4)CS[C@H]23)cs1. The second kappa shape index (κ2) is 12.1. The summed E-state index contributed by atoms with van der Waals surface area (Å²) in [4.78, 5) is 49.0. The quantitative estimate of drug-likeness (QED) is 0.0696. The van der Waals surface area contributed by atoms with Gasteiger partial charge in [-0.1, -0.05) is 27.3 Å². The van der Waals surface area contributed by atoms with Crippen molar-refractivity contribution in [1.82, 2.24) is 24.8 Å². The van der Waals surface area contributed by atoms with Crippen LogP contribution in [0.2, 0.25) is 5.02 Å². The number of aromatic hydroxyl groups is 2. The molecule has 2 aliphatic heterocycles. The van der Waals surface area contributed by atoms with Gasteiger partial charge in [0.2, 0.25) is 0 Å². The van der Waals surface area contributed by atoms with Crippen molar-refractivity contribution in [1.29, 1.82) is 0 Å². The lowest BCUT2D eigenvalue weighted by Crippen LogP contribution is -2.71. The van der Waals surface area contributed by atoms with Gasteiger partial charge in [0, 0.05) is 22.4 Å². The van der Waals surface area contributed by atoms with Crippen LogP contribution in [-0.2, 0) is 25.8 Å². The monoisotopic (exact) mass is 655 g/mol. The smallest absolute Gasteiger partial charge is 0.352 e. The van der Waals surface area contributed by atoms with Crippen molar-refractivity contribution in [3.63, 3.8) is 0 Å². The van der Waals surface area contributed by atoms with Crippen molar-refractivity contribution in [3.8, 4) is 11.5 Å². The van der Waals surface area contributed by atoms with E-state index in [0.29, 0.717) is 17.1 Å². The van der Waals surface area contributed by atoms with Crippen LogP contribution >= 0.6 is 58.0 Å². The van der Waals surface area contributed by atoms with Crippen molar-refractivity contribution >= 4 is 86.6 Å². The largest absolute Gasteiger partial charge is 0.504 e. The van der Waals surface area contributed by atoms with Gasteiger partial charge in [-0.25, -0.2) is 9.78 Å². The Labute approximate surface area is 252 Å². The predicted octanol–water partition coefficient (Wildman–Crippen LogP) is 2.09. The number of carbonyl (C=O) groups excluding carboxylic acids is 2. The number of nitrogens with one attached hydrogen (secondary N) is 1. The van der Waals surface area contributed by atoms with E-state index in [0.717, 1.165) is 15.5 Å². The highest BCUT2D eigenvalue weighted by molar-refractivity contribution is 8.01. The fraction of sp³-hybridized carbons (Fsp3) is 0.227. The van der Waals surface area contributed by atoms with E-state index in [1.165, 1.54) is 57.5 Å². The van der Waals surface area contributed by atoms with Gasteiger partial charge >= 0.3 is 5.97 Å². The van der Waals surface area contributed by atoms with Crippen molar-refractivity contribution in [3.05, 3.63) is 51.3 Å². The molecule has 3 aromatic rings. The molecule has 2 amide bonds. The van der Waals surface area contributed by atoms with Crippen molar-refractivity contribution < 1.29 is 34.5 Å². The number of aliphatic carboxylic acids is 1. The number of carboxylic acid groups (broad SMARTS) is 1. The lowest BCUT2D eigenvalue weighted by atomic mass is 10.0. The molecule has 14 nitrogen and oxygen atoms in total. The van der Waals surface area contributed by atoms with Crippen molar-refractivity contribution in [2.75, 3.05) is 17.2 Å². The summed E-state index contributed by atoms with van der Waals surface area (Å²) in [5, 5.41) is 40.4. The van der Waals surface area contributed by atoms with E-state index >= 15 is 0 Å². The van der Waals surface area contributed by atoms with E-state index < -0.39 is 40.7 Å². The van der Waals surface area contributed by atoms with Gasteiger partial charge in [0.15, 0.2) is 22.3 Å². The third-order valence-corrected chi connectivity index (χ3v) is 10.2. The maximum absolute atomic E-state index is 13.3. The molecule has 1 aromatic carbocycles. The molecular weight excluding hydrogens is 638 g/mol. The van der Waals surface area contributed by atoms with E-state index in [9.17, 15) is 29.7 Å². The summed E-state index contributed by atoms with van der Waals surface area (Å²) in [6, 6.07) is 1.60. The first-order chi connectivity index (χ1) is 19.7. The van der Waals surface area contributed by atoms with Crippen LogP contribution in [0.25, 0.3) is 0 Å². The average Bonchev–Trinajstić information content (AvgIpc) is 3.63. The number of halogens is 1. The number of phenolic OH excluding ortho intramolecular Hbond substituents is 2. The number of aromatic nitrogens is 3. The molecule has 0 saturated carbocycles. The normalized spacial score (nSPS) is 18.6. The zero-order valence-electron chi connectivity index (χ0n) is 20.4. The first-order valence-electron chi connectivity index (χ1n) is 11.4. The van der Waals surface area contributed by atoms with Gasteiger partial charge in [-0.05, 0) is 23.2 Å². The summed E-state index contributed by atoms with van der Waals surface area (Å²) >= 11 is 11.0. The molecular formula is C22H18ClN7O7S4. The molecule has 0 spiro atoms. The fourth-order valence-corrected chi connectivity index (χ4v) is 7.53. The number of amides is 2. The van der Waals surface area contributed by atoms with Gasteiger partial charge in [0.25, 0.3) is 11.8 Å². The summed E-state index contributed by atoms with van der Waals surface area (Å²) in [7, 11) is 0. The molecule has 0 bridgehead atoms. The minimum atomic E-state index is -1.24. The summed E-state index contributed by atoms with van der Waals surface area (Å²) in [5.74, 6) is -2.88. The average molecular weight is 656 g/mol. The molecule has 4 heterocycles. The highest BCUT2D eigenvalue weighted by atomic mass is 35.5. The number of rotatable bonds is 10. The van der Waals surface area contributed by atoms with Gasteiger partial charge in [-0.15, -0.1) is 40.0 Å². The molecule has 41 heavy (non-hydrogen) atoms. The number of carbonyl (C=O) groups is 3. The van der Waals surface area contributed by atoms with E-state index in [2.05, 4.69) is 25.0 Å². The number of nitrogen functional groups attached to an aromatic ring is 1. The van der Waals surface area contributed by atoms with E-state index in [4.69, 9.17) is 22.2 Å². The van der Waals surface area contributed by atoms with Gasteiger partial charge in [-0.2, -0.15) is 0 Å². The Morgan fingerprint density at radius 1 is 1.34 bits per heavy atom. The summed E-state index contributed by atoms with van der Waals surface area (Å²) in [5.41, 5.74) is 6.28. The molecule has 2 atom stereocenters. The fourth-order valence-electron chi connectivity index (χ4n) is 3.86. The summed E-state index contributed by atoms with van der Waals surface area (Å²) < 4.78 is 4.60. The number of hydrogen-bond acceptors (Lipinski definition) is 15. The third kappa shape index (κ3) is 5.91. The molecule has 0 aliphatic carbocycles. The molecule has 6 N–H and O–H groups in total. The van der Waals surface area contributed by atoms with Crippen molar-refractivity contribution in [2.45, 2.75) is 22.2 Å². The standard InChI is InChI=1S/C22H18ClN7O7S4/c23-13-8(1-2-11(31)17(13)32)4-37-28-14(10-7-40-22(24)26-10)18(33)27-15-19(34)30-16(21(35)36)9(6-39-20(15)30)5-38-12-3-25-29-41-12/h1-3,7,15,20,31-32H,4-6H2,(H2,24,26)(H,27,33)(H,35,36)/b28-14-/t15?,20-/m1/s1. The molecule has 214 valence electrons. The van der Waals surface area contributed by atoms with E-state index in [1.807, 2.05) is 0 Å². The van der Waals surface area contributed by atoms with Crippen LogP contribution in [0, 0.1) is 0 Å². The lowest BCUT2D eigenvalue weighted by Gasteiger charge is -2.49. The Hall–Kier alpha value is -3.58. The zero-order chi connectivity index (χ0) is 29.3. The van der Waals surface area contributed by atoms with Gasteiger partial charge in [-0.3, -0.25) is 14.5 Å². The number of fused-ring (bicyclic) bond motifs is 1. The lowest BCUT2D eigenvalue weighted by molar-refractivity contribution is -0.150. The Morgan fingerprint density at radius 3 is 2.83 bits per heavy atom. The molecule has 1 saturated heterocycles. The Bertz CT molecular complexity index is 1580. The number of benzene rings is 1. The summed E-state index contributed by atoms with van der Waals surface area (Å²) in [6.45, 7) is -0.275. The number of phenols is 2. The number of anilines is 1. The Morgan fingerprint density at radius 2 is 2.15 bits per heavy atom. The first-order valence-corrected chi connectivity index (χ1v) is 15.4. The van der Waals surface area contributed by atoms with Crippen molar-refractivity contribution in [2.24, 2.45) is 5.16 Å². The van der Waals surface area contributed by atoms with Crippen LogP contribution < -0.4 is 11.1 Å². The van der Waals surface area contributed by atoms with E-state index in [-0.39, 0.29) is 39.4 Å². The number of nitrogens with two attached hydrogens (primary N) is 1. The minimum Gasteiger partial charge on any atom is -0.504 e. The Balaban J connectivity index is 1.31. The van der Waals surface area contributed by atoms with Crippen LogP contribution in [0.1, 0.15) is 11.3 Å². The van der Waals surface area contributed by atoms with Gasteiger partial charge < -0.3 is 31.2 Å². The van der Waals surface area contributed by atoms with Crippen LogP contribution in [0.15, 0.2) is 44.3 Å². The molecule has 0 radical (unpaired) electrons. The minimum absolute atomic E-state index is 0.0903.